The van der Waals surface area contributed by atoms with Crippen molar-refractivity contribution in [2.24, 2.45) is 5.84 Å². The van der Waals surface area contributed by atoms with Gasteiger partial charge in [-0.2, -0.15) is 0 Å². The molecule has 19 heavy (non-hydrogen) atoms. The maximum Gasteiger partial charge on any atom is 0.0891 e. The lowest BCUT2D eigenvalue weighted by Gasteiger charge is -2.42. The van der Waals surface area contributed by atoms with Crippen LogP contribution in [0.25, 0.3) is 0 Å². The SMILES string of the molecule is COC1(C(Cc2cccc(C)c2)NN)CCOCC1. The summed E-state index contributed by atoms with van der Waals surface area (Å²) in [5, 5.41) is 0. The van der Waals surface area contributed by atoms with Crippen molar-refractivity contribution in [2.75, 3.05) is 20.3 Å². The van der Waals surface area contributed by atoms with E-state index in [2.05, 4.69) is 36.6 Å². The molecule has 0 spiro atoms. The van der Waals surface area contributed by atoms with E-state index >= 15 is 0 Å². The van der Waals surface area contributed by atoms with Crippen LogP contribution in [0, 0.1) is 6.92 Å². The van der Waals surface area contributed by atoms with Gasteiger partial charge in [0, 0.05) is 33.2 Å². The molecule has 0 saturated carbocycles. The van der Waals surface area contributed by atoms with Crippen LogP contribution in [0.5, 0.6) is 0 Å². The van der Waals surface area contributed by atoms with E-state index < -0.39 is 0 Å². The van der Waals surface area contributed by atoms with Gasteiger partial charge in [-0.3, -0.25) is 11.3 Å². The standard InChI is InChI=1S/C15H24N2O2/c1-12-4-3-5-13(10-12)11-14(17-16)15(18-2)6-8-19-9-7-15/h3-5,10,14,17H,6-9,11,16H2,1-2H3. The van der Waals surface area contributed by atoms with E-state index in [0.717, 1.165) is 32.5 Å². The average Bonchev–Trinajstić information content (AvgIpc) is 2.45. The van der Waals surface area contributed by atoms with E-state index in [1.165, 1.54) is 11.1 Å². The van der Waals surface area contributed by atoms with Gasteiger partial charge in [0.05, 0.1) is 11.6 Å². The Bertz CT molecular complexity index is 403. The lowest BCUT2D eigenvalue weighted by Crippen LogP contribution is -2.58. The van der Waals surface area contributed by atoms with Gasteiger partial charge < -0.3 is 9.47 Å². The number of aryl methyl sites for hydroxylation is 1. The van der Waals surface area contributed by atoms with Gasteiger partial charge in [-0.15, -0.1) is 0 Å². The van der Waals surface area contributed by atoms with E-state index in [0.29, 0.717) is 0 Å². The molecule has 4 nitrogen and oxygen atoms in total. The molecule has 106 valence electrons. The molecule has 0 aromatic heterocycles. The zero-order chi connectivity index (χ0) is 13.7. The number of nitrogens with two attached hydrogens (primary N) is 1. The maximum atomic E-state index is 5.81. The van der Waals surface area contributed by atoms with Gasteiger partial charge >= 0.3 is 0 Å². The quantitative estimate of drug-likeness (QED) is 0.626. The Labute approximate surface area is 115 Å². The zero-order valence-corrected chi connectivity index (χ0v) is 11.8. The van der Waals surface area contributed by atoms with E-state index in [9.17, 15) is 0 Å². The number of hydrogen-bond donors (Lipinski definition) is 2. The highest BCUT2D eigenvalue weighted by Crippen LogP contribution is 2.30. The summed E-state index contributed by atoms with van der Waals surface area (Å²) in [6.45, 7) is 3.58. The zero-order valence-electron chi connectivity index (χ0n) is 11.8. The third-order valence-corrected chi connectivity index (χ3v) is 4.10. The monoisotopic (exact) mass is 264 g/mol. The Morgan fingerprint density at radius 3 is 2.74 bits per heavy atom. The second-order valence-electron chi connectivity index (χ2n) is 5.29. The molecular weight excluding hydrogens is 240 g/mol. The molecule has 1 aliphatic rings. The molecule has 0 radical (unpaired) electrons. The van der Waals surface area contributed by atoms with Crippen molar-refractivity contribution in [1.82, 2.24) is 5.43 Å². The van der Waals surface area contributed by atoms with Crippen molar-refractivity contribution in [3.63, 3.8) is 0 Å². The van der Waals surface area contributed by atoms with E-state index in [1.54, 1.807) is 7.11 Å². The summed E-state index contributed by atoms with van der Waals surface area (Å²) >= 11 is 0. The van der Waals surface area contributed by atoms with Gasteiger partial charge in [-0.05, 0) is 18.9 Å². The molecule has 1 saturated heterocycles. The first-order valence-electron chi connectivity index (χ1n) is 6.85. The van der Waals surface area contributed by atoms with Crippen molar-refractivity contribution in [3.8, 4) is 0 Å². The normalized spacial score (nSPS) is 20.2. The topological polar surface area (TPSA) is 56.5 Å². The van der Waals surface area contributed by atoms with Gasteiger partial charge in [-0.25, -0.2) is 0 Å². The predicted octanol–water partition coefficient (Wildman–Crippen LogP) is 1.57. The molecule has 1 unspecified atom stereocenters. The maximum absolute atomic E-state index is 5.81. The van der Waals surface area contributed by atoms with Crippen LogP contribution >= 0.6 is 0 Å². The summed E-state index contributed by atoms with van der Waals surface area (Å²) in [4.78, 5) is 0. The van der Waals surface area contributed by atoms with Crippen LogP contribution in [0.2, 0.25) is 0 Å². The van der Waals surface area contributed by atoms with Crippen molar-refractivity contribution in [3.05, 3.63) is 35.4 Å². The number of rotatable bonds is 5. The van der Waals surface area contributed by atoms with Crippen molar-refractivity contribution >= 4 is 0 Å². The van der Waals surface area contributed by atoms with Crippen molar-refractivity contribution < 1.29 is 9.47 Å². The fourth-order valence-corrected chi connectivity index (χ4v) is 2.88. The average molecular weight is 264 g/mol. The number of hydrogen-bond acceptors (Lipinski definition) is 4. The molecule has 3 N–H and O–H groups in total. The summed E-state index contributed by atoms with van der Waals surface area (Å²) in [5.41, 5.74) is 5.28. The Morgan fingerprint density at radius 2 is 2.16 bits per heavy atom. The fourth-order valence-electron chi connectivity index (χ4n) is 2.88. The highest BCUT2D eigenvalue weighted by molar-refractivity contribution is 5.23. The Balaban J connectivity index is 2.14. The number of benzene rings is 1. The van der Waals surface area contributed by atoms with Crippen LogP contribution in [0.15, 0.2) is 24.3 Å². The molecule has 2 rings (SSSR count). The molecule has 1 aromatic rings. The van der Waals surface area contributed by atoms with E-state index in [4.69, 9.17) is 15.3 Å². The molecular formula is C15H24N2O2. The van der Waals surface area contributed by atoms with Gasteiger partial charge in [-0.1, -0.05) is 29.8 Å². The molecule has 1 aromatic carbocycles. The Hall–Kier alpha value is -0.940. The molecule has 0 aliphatic carbocycles. The summed E-state index contributed by atoms with van der Waals surface area (Å²) in [6, 6.07) is 8.63. The largest absolute Gasteiger partial charge is 0.381 e. The van der Waals surface area contributed by atoms with Gasteiger partial charge in [0.1, 0.15) is 0 Å². The van der Waals surface area contributed by atoms with Crippen LogP contribution in [-0.4, -0.2) is 32.0 Å². The minimum Gasteiger partial charge on any atom is -0.381 e. The summed E-state index contributed by atoms with van der Waals surface area (Å²) in [7, 11) is 1.77. The molecule has 1 aliphatic heterocycles. The minimum atomic E-state index is -0.225. The molecule has 1 atom stereocenters. The van der Waals surface area contributed by atoms with Gasteiger partial charge in [0.2, 0.25) is 0 Å². The molecule has 1 fully saturated rings. The summed E-state index contributed by atoms with van der Waals surface area (Å²) in [6.07, 6.45) is 2.63. The summed E-state index contributed by atoms with van der Waals surface area (Å²) in [5.74, 6) is 5.78. The Kier molecular flexibility index (Phi) is 4.93. The lowest BCUT2D eigenvalue weighted by molar-refractivity contribution is -0.110. The van der Waals surface area contributed by atoms with E-state index in [1.807, 2.05) is 0 Å². The number of methoxy groups -OCH3 is 1. The third-order valence-electron chi connectivity index (χ3n) is 4.10. The minimum absolute atomic E-state index is 0.100. The van der Waals surface area contributed by atoms with Crippen LogP contribution in [0.4, 0.5) is 0 Å². The third kappa shape index (κ3) is 3.34. The second kappa shape index (κ2) is 6.48. The van der Waals surface area contributed by atoms with Crippen LogP contribution in [0.1, 0.15) is 24.0 Å². The highest BCUT2D eigenvalue weighted by atomic mass is 16.5. The lowest BCUT2D eigenvalue weighted by atomic mass is 9.83. The van der Waals surface area contributed by atoms with Gasteiger partial charge in [0.25, 0.3) is 0 Å². The number of ether oxygens (including phenoxy) is 2. The molecule has 1 heterocycles. The first kappa shape index (κ1) is 14.5. The van der Waals surface area contributed by atoms with Crippen LogP contribution in [0.3, 0.4) is 0 Å². The molecule has 4 heteroatoms. The summed E-state index contributed by atoms with van der Waals surface area (Å²) < 4.78 is 11.3. The fraction of sp³-hybridized carbons (Fsp3) is 0.600. The number of nitrogens with one attached hydrogen (secondary N) is 1. The smallest absolute Gasteiger partial charge is 0.0891 e. The van der Waals surface area contributed by atoms with Gasteiger partial charge in [0.15, 0.2) is 0 Å². The molecule has 0 amide bonds. The number of hydrazine groups is 1. The van der Waals surface area contributed by atoms with Crippen molar-refractivity contribution in [2.45, 2.75) is 37.8 Å². The highest BCUT2D eigenvalue weighted by Gasteiger charge is 2.40. The Morgan fingerprint density at radius 1 is 1.42 bits per heavy atom. The van der Waals surface area contributed by atoms with E-state index in [-0.39, 0.29) is 11.6 Å². The predicted molar refractivity (Wildman–Crippen MR) is 75.8 cm³/mol. The first-order chi connectivity index (χ1) is 9.20. The second-order valence-corrected chi connectivity index (χ2v) is 5.29. The molecule has 0 bridgehead atoms. The van der Waals surface area contributed by atoms with Crippen molar-refractivity contribution in [1.29, 1.82) is 0 Å². The van der Waals surface area contributed by atoms with Crippen LogP contribution < -0.4 is 11.3 Å². The van der Waals surface area contributed by atoms with Crippen LogP contribution in [-0.2, 0) is 15.9 Å². The first-order valence-corrected chi connectivity index (χ1v) is 6.85.